The van der Waals surface area contributed by atoms with Gasteiger partial charge in [0.2, 0.25) is 11.8 Å². The van der Waals surface area contributed by atoms with Crippen molar-refractivity contribution in [1.82, 2.24) is 10.1 Å². The molecule has 0 aliphatic heterocycles. The minimum absolute atomic E-state index is 0.0140. The average molecular weight is 387 g/mol. The lowest BCUT2D eigenvalue weighted by molar-refractivity contribution is -0.141. The number of carbonyl (C=O) groups excluding carboxylic acids is 2. The summed E-state index contributed by atoms with van der Waals surface area (Å²) in [6.45, 7) is 1.74. The zero-order valence-corrected chi connectivity index (χ0v) is 15.3. The summed E-state index contributed by atoms with van der Waals surface area (Å²) in [5.74, 6) is 0.860. The van der Waals surface area contributed by atoms with Crippen LogP contribution in [-0.2, 0) is 20.9 Å². The maximum atomic E-state index is 11.8. The van der Waals surface area contributed by atoms with Crippen molar-refractivity contribution in [1.29, 1.82) is 0 Å². The van der Waals surface area contributed by atoms with E-state index < -0.39 is 5.97 Å². The van der Waals surface area contributed by atoms with Gasteiger partial charge in [0.05, 0.1) is 11.5 Å². The molecule has 0 spiro atoms. The normalized spacial score (nSPS) is 10.6. The number of benzene rings is 1. The van der Waals surface area contributed by atoms with Gasteiger partial charge in [0.1, 0.15) is 24.3 Å². The van der Waals surface area contributed by atoms with Crippen molar-refractivity contribution in [3.63, 3.8) is 0 Å². The molecule has 0 atom stereocenters. The van der Waals surface area contributed by atoms with Crippen LogP contribution in [0.1, 0.15) is 11.5 Å². The van der Waals surface area contributed by atoms with Crippen LogP contribution in [0, 0.1) is 6.92 Å². The second-order valence-electron chi connectivity index (χ2n) is 5.53. The molecule has 3 aromatic rings. The van der Waals surface area contributed by atoms with Gasteiger partial charge in [-0.1, -0.05) is 23.4 Å². The monoisotopic (exact) mass is 387 g/mol. The van der Waals surface area contributed by atoms with Crippen molar-refractivity contribution < 1.29 is 23.3 Å². The van der Waals surface area contributed by atoms with Gasteiger partial charge in [-0.3, -0.25) is 9.59 Å². The highest BCUT2D eigenvalue weighted by molar-refractivity contribution is 8.00. The van der Waals surface area contributed by atoms with Crippen LogP contribution in [0.5, 0.6) is 0 Å². The first-order valence-corrected chi connectivity index (χ1v) is 9.22. The first kappa shape index (κ1) is 18.7. The quantitative estimate of drug-likeness (QED) is 0.588. The maximum absolute atomic E-state index is 11.8. The van der Waals surface area contributed by atoms with Crippen LogP contribution in [0.2, 0.25) is 0 Å². The molecule has 0 aliphatic rings. The molecule has 0 saturated heterocycles. The molecule has 0 fully saturated rings. The second-order valence-corrected chi connectivity index (χ2v) is 6.52. The molecule has 9 heteroatoms. The number of carbonyl (C=O) groups is 2. The number of hydrogen-bond donors (Lipinski definition) is 1. The molecule has 1 N–H and O–H groups in total. The fourth-order valence-electron chi connectivity index (χ4n) is 2.11. The lowest BCUT2D eigenvalue weighted by atomic mass is 10.2. The van der Waals surface area contributed by atoms with Crippen LogP contribution in [0.3, 0.4) is 0 Å². The Balaban J connectivity index is 1.36. The van der Waals surface area contributed by atoms with Gasteiger partial charge < -0.3 is 19.0 Å². The second kappa shape index (κ2) is 9.04. The molecule has 0 radical (unpaired) electrons. The molecule has 1 aromatic carbocycles. The molecule has 2 heterocycles. The van der Waals surface area contributed by atoms with Crippen molar-refractivity contribution in [2.24, 2.45) is 0 Å². The van der Waals surface area contributed by atoms with Crippen molar-refractivity contribution in [3.8, 4) is 11.5 Å². The Labute approximate surface area is 159 Å². The maximum Gasteiger partial charge on any atom is 0.316 e. The smallest absolute Gasteiger partial charge is 0.316 e. The third kappa shape index (κ3) is 5.71. The molecule has 27 heavy (non-hydrogen) atoms. The summed E-state index contributed by atoms with van der Waals surface area (Å²) in [6, 6.07) is 11.0. The molecular weight excluding hydrogens is 370 g/mol. The fourth-order valence-corrected chi connectivity index (χ4v) is 2.72. The van der Waals surface area contributed by atoms with Gasteiger partial charge in [0, 0.05) is 11.6 Å². The molecule has 140 valence electrons. The number of ether oxygens (including phenoxy) is 1. The summed E-state index contributed by atoms with van der Waals surface area (Å²) in [7, 11) is 0. The average Bonchev–Trinajstić information content (AvgIpc) is 3.30. The Morgan fingerprint density at radius 3 is 2.78 bits per heavy atom. The first-order valence-electron chi connectivity index (χ1n) is 8.06. The van der Waals surface area contributed by atoms with Crippen molar-refractivity contribution in [2.45, 2.75) is 13.5 Å². The van der Waals surface area contributed by atoms with Crippen molar-refractivity contribution in [2.75, 3.05) is 16.8 Å². The third-order valence-corrected chi connectivity index (χ3v) is 4.21. The SMILES string of the molecule is Cc1cc(NC(=O)CSCC(=O)OCc2coc(-c3ccccc3)n2)no1. The van der Waals surface area contributed by atoms with Gasteiger partial charge in [-0.2, -0.15) is 0 Å². The highest BCUT2D eigenvalue weighted by atomic mass is 32.2. The number of aryl methyl sites for hydroxylation is 1. The van der Waals surface area contributed by atoms with E-state index in [1.165, 1.54) is 6.26 Å². The van der Waals surface area contributed by atoms with Crippen LogP contribution >= 0.6 is 11.8 Å². The lowest BCUT2D eigenvalue weighted by Crippen LogP contribution is -2.16. The number of nitrogens with one attached hydrogen (secondary N) is 1. The zero-order valence-electron chi connectivity index (χ0n) is 14.5. The number of hydrogen-bond acceptors (Lipinski definition) is 8. The topological polar surface area (TPSA) is 107 Å². The summed E-state index contributed by atoms with van der Waals surface area (Å²) in [6.07, 6.45) is 1.45. The van der Waals surface area contributed by atoms with E-state index in [0.29, 0.717) is 23.2 Å². The van der Waals surface area contributed by atoms with Crippen LogP contribution < -0.4 is 5.32 Å². The van der Waals surface area contributed by atoms with E-state index in [9.17, 15) is 9.59 Å². The number of anilines is 1. The summed E-state index contributed by atoms with van der Waals surface area (Å²) in [5.41, 5.74) is 1.37. The molecule has 0 aliphatic carbocycles. The molecule has 2 aromatic heterocycles. The number of esters is 1. The molecule has 8 nitrogen and oxygen atoms in total. The molecule has 0 bridgehead atoms. The van der Waals surface area contributed by atoms with Gasteiger partial charge in [0.15, 0.2) is 5.82 Å². The minimum atomic E-state index is -0.436. The van der Waals surface area contributed by atoms with Gasteiger partial charge in [-0.05, 0) is 19.1 Å². The molecular formula is C18H17N3O5S. The van der Waals surface area contributed by atoms with E-state index in [4.69, 9.17) is 13.7 Å². The molecule has 0 saturated carbocycles. The summed E-state index contributed by atoms with van der Waals surface area (Å²) in [5, 5.41) is 6.24. The highest BCUT2D eigenvalue weighted by Gasteiger charge is 2.11. The van der Waals surface area contributed by atoms with E-state index >= 15 is 0 Å². The van der Waals surface area contributed by atoms with Gasteiger partial charge >= 0.3 is 5.97 Å². The predicted octanol–water partition coefficient (Wildman–Crippen LogP) is 3.05. The lowest BCUT2D eigenvalue weighted by Gasteiger charge is -2.03. The third-order valence-electron chi connectivity index (χ3n) is 3.30. The zero-order chi connectivity index (χ0) is 19.1. The Kier molecular flexibility index (Phi) is 6.26. The van der Waals surface area contributed by atoms with Crippen LogP contribution in [0.15, 0.2) is 51.6 Å². The van der Waals surface area contributed by atoms with Gasteiger partial charge in [0.25, 0.3) is 0 Å². The number of rotatable bonds is 8. The van der Waals surface area contributed by atoms with E-state index in [1.807, 2.05) is 30.3 Å². The first-order chi connectivity index (χ1) is 13.1. The summed E-state index contributed by atoms with van der Waals surface area (Å²) < 4.78 is 15.4. The number of aromatic nitrogens is 2. The Hall–Kier alpha value is -3.07. The van der Waals surface area contributed by atoms with Crippen molar-refractivity contribution in [3.05, 3.63) is 54.1 Å². The van der Waals surface area contributed by atoms with E-state index in [1.54, 1.807) is 13.0 Å². The standard InChI is InChI=1S/C18H17N3O5S/c1-12-7-15(21-26-12)20-16(22)10-27-11-17(23)24-8-14-9-25-18(19-14)13-5-3-2-4-6-13/h2-7,9H,8,10-11H2,1H3,(H,20,21,22). The Morgan fingerprint density at radius 1 is 1.22 bits per heavy atom. The molecule has 1 amide bonds. The highest BCUT2D eigenvalue weighted by Crippen LogP contribution is 2.18. The minimum Gasteiger partial charge on any atom is -0.458 e. The molecule has 3 rings (SSSR count). The van der Waals surface area contributed by atoms with Gasteiger partial charge in [-0.25, -0.2) is 4.98 Å². The fraction of sp³-hybridized carbons (Fsp3) is 0.222. The Bertz CT molecular complexity index is 907. The van der Waals surface area contributed by atoms with E-state index in [0.717, 1.165) is 17.3 Å². The Morgan fingerprint density at radius 2 is 2.04 bits per heavy atom. The number of amides is 1. The van der Waals surface area contributed by atoms with Gasteiger partial charge in [-0.15, -0.1) is 11.8 Å². The van der Waals surface area contributed by atoms with Crippen LogP contribution in [0.4, 0.5) is 5.82 Å². The van der Waals surface area contributed by atoms with Crippen LogP contribution in [0.25, 0.3) is 11.5 Å². The van der Waals surface area contributed by atoms with E-state index in [2.05, 4.69) is 15.5 Å². The number of thioether (sulfide) groups is 1. The molecule has 0 unspecified atom stereocenters. The van der Waals surface area contributed by atoms with E-state index in [-0.39, 0.29) is 24.0 Å². The van der Waals surface area contributed by atoms with Crippen LogP contribution in [-0.4, -0.2) is 33.5 Å². The van der Waals surface area contributed by atoms with Crippen molar-refractivity contribution >= 4 is 29.5 Å². The predicted molar refractivity (Wildman–Crippen MR) is 98.9 cm³/mol. The summed E-state index contributed by atoms with van der Waals surface area (Å²) >= 11 is 1.14. The number of nitrogens with zero attached hydrogens (tertiary/aromatic N) is 2. The number of oxazole rings is 1. The largest absolute Gasteiger partial charge is 0.458 e. The summed E-state index contributed by atoms with van der Waals surface area (Å²) in [4.78, 5) is 27.8.